The summed E-state index contributed by atoms with van der Waals surface area (Å²) in [5.74, 6) is -1.24. The first-order valence-electron chi connectivity index (χ1n) is 5.62. The number of likely N-dealkylation sites (tertiary alicyclic amines) is 1. The second-order valence-corrected chi connectivity index (χ2v) is 4.65. The molecule has 0 saturated carbocycles. The van der Waals surface area contributed by atoms with E-state index >= 15 is 0 Å². The fourth-order valence-electron chi connectivity index (χ4n) is 1.96. The highest BCUT2D eigenvalue weighted by atomic mass is 16.4. The molecular formula is C11H20N2O3. The Kier molecular flexibility index (Phi) is 3.78. The molecule has 5 heteroatoms. The molecule has 0 aromatic rings. The molecule has 0 aliphatic carbocycles. The summed E-state index contributed by atoms with van der Waals surface area (Å²) in [4.78, 5) is 26.2. The highest BCUT2D eigenvalue weighted by molar-refractivity contribution is 5.78. The highest BCUT2D eigenvalue weighted by Gasteiger charge is 2.39. The van der Waals surface area contributed by atoms with E-state index in [1.54, 1.807) is 23.8 Å². The molecule has 0 bridgehead atoms. The van der Waals surface area contributed by atoms with Gasteiger partial charge in [-0.1, -0.05) is 0 Å². The normalized spacial score (nSPS) is 24.9. The maximum atomic E-state index is 12.0. The van der Waals surface area contributed by atoms with Crippen LogP contribution in [-0.2, 0) is 4.79 Å². The molecule has 2 atom stereocenters. The Labute approximate surface area is 96.0 Å². The fraction of sp³-hybridized carbons (Fsp3) is 0.818. The number of rotatable bonds is 2. The molecule has 92 valence electrons. The van der Waals surface area contributed by atoms with Gasteiger partial charge in [-0.2, -0.15) is 0 Å². The minimum absolute atomic E-state index is 0.0775. The summed E-state index contributed by atoms with van der Waals surface area (Å²) < 4.78 is 0. The summed E-state index contributed by atoms with van der Waals surface area (Å²) in [6.45, 7) is 6.21. The van der Waals surface area contributed by atoms with E-state index in [-0.39, 0.29) is 18.1 Å². The Morgan fingerprint density at radius 2 is 2.00 bits per heavy atom. The van der Waals surface area contributed by atoms with Crippen molar-refractivity contribution in [3.8, 4) is 0 Å². The van der Waals surface area contributed by atoms with Crippen LogP contribution in [-0.4, -0.2) is 52.6 Å². The Balaban J connectivity index is 2.70. The first kappa shape index (κ1) is 12.8. The van der Waals surface area contributed by atoms with Crippen LogP contribution in [0.1, 0.15) is 27.2 Å². The largest absolute Gasteiger partial charge is 0.481 e. The van der Waals surface area contributed by atoms with Crippen LogP contribution >= 0.6 is 0 Å². The van der Waals surface area contributed by atoms with Crippen molar-refractivity contribution in [3.63, 3.8) is 0 Å². The van der Waals surface area contributed by atoms with Crippen molar-refractivity contribution in [1.29, 1.82) is 0 Å². The van der Waals surface area contributed by atoms with Crippen molar-refractivity contribution in [3.05, 3.63) is 0 Å². The van der Waals surface area contributed by atoms with Gasteiger partial charge in [0.05, 0.1) is 5.92 Å². The average molecular weight is 228 g/mol. The first-order valence-corrected chi connectivity index (χ1v) is 5.62. The average Bonchev–Trinajstić information content (AvgIpc) is 2.57. The highest BCUT2D eigenvalue weighted by Crippen LogP contribution is 2.25. The summed E-state index contributed by atoms with van der Waals surface area (Å²) in [6, 6.07) is -0.166. The van der Waals surface area contributed by atoms with E-state index in [4.69, 9.17) is 5.11 Å². The monoisotopic (exact) mass is 228 g/mol. The van der Waals surface area contributed by atoms with Crippen molar-refractivity contribution in [2.75, 3.05) is 13.6 Å². The van der Waals surface area contributed by atoms with Crippen molar-refractivity contribution < 1.29 is 14.7 Å². The van der Waals surface area contributed by atoms with Gasteiger partial charge < -0.3 is 14.9 Å². The van der Waals surface area contributed by atoms with Crippen molar-refractivity contribution in [2.45, 2.75) is 39.3 Å². The number of nitrogens with zero attached hydrogens (tertiary/aromatic N) is 2. The predicted molar refractivity (Wildman–Crippen MR) is 60.2 cm³/mol. The molecule has 0 aromatic heterocycles. The molecule has 2 amide bonds. The van der Waals surface area contributed by atoms with Crippen LogP contribution in [0.15, 0.2) is 0 Å². The maximum Gasteiger partial charge on any atom is 0.320 e. The van der Waals surface area contributed by atoms with E-state index in [1.165, 1.54) is 0 Å². The van der Waals surface area contributed by atoms with E-state index in [1.807, 2.05) is 13.8 Å². The van der Waals surface area contributed by atoms with Gasteiger partial charge >= 0.3 is 12.0 Å². The van der Waals surface area contributed by atoms with Gasteiger partial charge in [-0.3, -0.25) is 4.79 Å². The molecule has 2 unspecified atom stereocenters. The molecule has 0 radical (unpaired) electrons. The third-order valence-electron chi connectivity index (χ3n) is 3.39. The SMILES string of the molecule is CC(C)N(C)C(=O)N1CCC(C(=O)O)C1C. The number of hydrogen-bond acceptors (Lipinski definition) is 2. The number of carbonyl (C=O) groups is 2. The zero-order chi connectivity index (χ0) is 12.5. The summed E-state index contributed by atoms with van der Waals surface area (Å²) in [6.07, 6.45) is 0.550. The number of amides is 2. The van der Waals surface area contributed by atoms with Crippen LogP contribution in [0.3, 0.4) is 0 Å². The lowest BCUT2D eigenvalue weighted by molar-refractivity contribution is -0.142. The molecule has 1 saturated heterocycles. The Bertz CT molecular complexity index is 291. The molecule has 1 fully saturated rings. The maximum absolute atomic E-state index is 12.0. The van der Waals surface area contributed by atoms with Crippen LogP contribution < -0.4 is 0 Å². The zero-order valence-corrected chi connectivity index (χ0v) is 10.3. The van der Waals surface area contributed by atoms with Crippen LogP contribution in [0.2, 0.25) is 0 Å². The minimum atomic E-state index is -0.810. The molecule has 1 aliphatic heterocycles. The Hall–Kier alpha value is -1.26. The Morgan fingerprint density at radius 3 is 2.38 bits per heavy atom. The number of carbonyl (C=O) groups excluding carboxylic acids is 1. The molecule has 0 spiro atoms. The van der Waals surface area contributed by atoms with Gasteiger partial charge in [-0.15, -0.1) is 0 Å². The molecule has 16 heavy (non-hydrogen) atoms. The second-order valence-electron chi connectivity index (χ2n) is 4.65. The van der Waals surface area contributed by atoms with Gasteiger partial charge in [0.25, 0.3) is 0 Å². The number of carboxylic acid groups (broad SMARTS) is 1. The number of urea groups is 1. The molecule has 1 heterocycles. The molecule has 1 aliphatic rings. The smallest absolute Gasteiger partial charge is 0.320 e. The van der Waals surface area contributed by atoms with Gasteiger partial charge in [0.15, 0.2) is 0 Å². The van der Waals surface area contributed by atoms with Gasteiger partial charge in [0, 0.05) is 25.7 Å². The number of hydrogen-bond donors (Lipinski definition) is 1. The van der Waals surface area contributed by atoms with E-state index in [9.17, 15) is 9.59 Å². The van der Waals surface area contributed by atoms with E-state index in [2.05, 4.69) is 0 Å². The van der Waals surface area contributed by atoms with E-state index < -0.39 is 11.9 Å². The van der Waals surface area contributed by atoms with Crippen LogP contribution in [0.4, 0.5) is 4.79 Å². The van der Waals surface area contributed by atoms with E-state index in [0.29, 0.717) is 13.0 Å². The number of aliphatic carboxylic acids is 1. The third kappa shape index (κ3) is 2.28. The van der Waals surface area contributed by atoms with Gasteiger partial charge in [0.1, 0.15) is 0 Å². The molecule has 5 nitrogen and oxygen atoms in total. The van der Waals surface area contributed by atoms with Crippen LogP contribution in [0.25, 0.3) is 0 Å². The summed E-state index contributed by atoms with van der Waals surface area (Å²) in [5.41, 5.74) is 0. The predicted octanol–water partition coefficient (Wildman–Crippen LogP) is 1.24. The van der Waals surface area contributed by atoms with Crippen LogP contribution in [0, 0.1) is 5.92 Å². The lowest BCUT2D eigenvalue weighted by Gasteiger charge is -2.30. The quantitative estimate of drug-likeness (QED) is 0.773. The molecular weight excluding hydrogens is 208 g/mol. The summed E-state index contributed by atoms with van der Waals surface area (Å²) >= 11 is 0. The standard InChI is InChI=1S/C11H20N2O3/c1-7(2)12(4)11(16)13-6-5-9(8(13)3)10(14)15/h7-9H,5-6H2,1-4H3,(H,14,15). The molecule has 0 aromatic carbocycles. The van der Waals surface area contributed by atoms with Gasteiger partial charge in [-0.05, 0) is 27.2 Å². The first-order chi connectivity index (χ1) is 7.36. The van der Waals surface area contributed by atoms with Gasteiger partial charge in [0.2, 0.25) is 0 Å². The van der Waals surface area contributed by atoms with Crippen molar-refractivity contribution >= 4 is 12.0 Å². The second kappa shape index (κ2) is 4.72. The van der Waals surface area contributed by atoms with E-state index in [0.717, 1.165) is 0 Å². The molecule has 1 rings (SSSR count). The third-order valence-corrected chi connectivity index (χ3v) is 3.39. The lowest BCUT2D eigenvalue weighted by atomic mass is 10.0. The molecule has 1 N–H and O–H groups in total. The number of carboxylic acids is 1. The van der Waals surface area contributed by atoms with Crippen molar-refractivity contribution in [2.24, 2.45) is 5.92 Å². The minimum Gasteiger partial charge on any atom is -0.481 e. The zero-order valence-electron chi connectivity index (χ0n) is 10.3. The fourth-order valence-corrected chi connectivity index (χ4v) is 1.96. The Morgan fingerprint density at radius 1 is 1.44 bits per heavy atom. The summed E-state index contributed by atoms with van der Waals surface area (Å²) in [7, 11) is 1.74. The summed E-state index contributed by atoms with van der Waals surface area (Å²) in [5, 5.41) is 8.98. The van der Waals surface area contributed by atoms with Crippen molar-refractivity contribution in [1.82, 2.24) is 9.80 Å². The van der Waals surface area contributed by atoms with Crippen LogP contribution in [0.5, 0.6) is 0 Å². The van der Waals surface area contributed by atoms with Gasteiger partial charge in [-0.25, -0.2) is 4.79 Å². The lowest BCUT2D eigenvalue weighted by Crippen LogP contribution is -2.46. The topological polar surface area (TPSA) is 60.9 Å².